The van der Waals surface area contributed by atoms with Crippen molar-refractivity contribution < 1.29 is 14.6 Å². The van der Waals surface area contributed by atoms with Crippen molar-refractivity contribution in [3.8, 4) is 0 Å². The van der Waals surface area contributed by atoms with Gasteiger partial charge in [-0.1, -0.05) is 51.8 Å². The van der Waals surface area contributed by atoms with Gasteiger partial charge in [0.05, 0.1) is 18.2 Å². The van der Waals surface area contributed by atoms with Gasteiger partial charge in [-0.15, -0.1) is 0 Å². The van der Waals surface area contributed by atoms with Gasteiger partial charge in [0.25, 0.3) is 0 Å². The van der Waals surface area contributed by atoms with Gasteiger partial charge in [0.2, 0.25) is 0 Å². The maximum atomic E-state index is 13.2. The van der Waals surface area contributed by atoms with Gasteiger partial charge in [0, 0.05) is 9.89 Å². The standard InChI is InChI=1S/C16H15BrClFO2/c17-13-4-2-1-3-12(13)16(9-20,10-21)8-11-5-6-15(19)14(18)7-11/h1-7,20-21H,8-10H2. The van der Waals surface area contributed by atoms with Crippen LogP contribution in [0.5, 0.6) is 0 Å². The lowest BCUT2D eigenvalue weighted by Crippen LogP contribution is -2.37. The van der Waals surface area contributed by atoms with Crippen LogP contribution in [0.1, 0.15) is 11.1 Å². The fourth-order valence-corrected chi connectivity index (χ4v) is 3.27. The Labute approximate surface area is 136 Å². The zero-order chi connectivity index (χ0) is 15.5. The zero-order valence-electron chi connectivity index (χ0n) is 11.2. The van der Waals surface area contributed by atoms with Crippen LogP contribution < -0.4 is 0 Å². The quantitative estimate of drug-likeness (QED) is 0.839. The average molecular weight is 374 g/mol. The van der Waals surface area contributed by atoms with E-state index in [0.717, 1.165) is 15.6 Å². The normalized spacial score (nSPS) is 11.7. The predicted molar refractivity (Wildman–Crippen MR) is 85.1 cm³/mol. The molecule has 0 heterocycles. The van der Waals surface area contributed by atoms with Crippen molar-refractivity contribution in [3.63, 3.8) is 0 Å². The third kappa shape index (κ3) is 3.46. The molecule has 0 atom stereocenters. The SMILES string of the molecule is OCC(CO)(Cc1ccc(F)c(Cl)c1)c1ccccc1Br. The van der Waals surface area contributed by atoms with Crippen LogP contribution in [0, 0.1) is 5.82 Å². The Kier molecular flexibility index (Phi) is 5.38. The number of benzene rings is 2. The van der Waals surface area contributed by atoms with Crippen LogP contribution in [-0.4, -0.2) is 23.4 Å². The molecule has 0 aliphatic carbocycles. The first-order chi connectivity index (χ1) is 10.0. The molecule has 2 aromatic rings. The van der Waals surface area contributed by atoms with Crippen molar-refractivity contribution in [3.05, 3.63) is 68.9 Å². The molecule has 0 saturated heterocycles. The number of rotatable bonds is 5. The van der Waals surface area contributed by atoms with Gasteiger partial charge in [-0.2, -0.15) is 0 Å². The molecule has 21 heavy (non-hydrogen) atoms. The fourth-order valence-electron chi connectivity index (χ4n) is 2.36. The molecular weight excluding hydrogens is 359 g/mol. The first-order valence-electron chi connectivity index (χ1n) is 6.43. The van der Waals surface area contributed by atoms with E-state index < -0.39 is 11.2 Å². The summed E-state index contributed by atoms with van der Waals surface area (Å²) in [4.78, 5) is 0. The Hall–Kier alpha value is -0.940. The maximum absolute atomic E-state index is 13.2. The molecule has 0 aromatic heterocycles. The monoisotopic (exact) mass is 372 g/mol. The van der Waals surface area contributed by atoms with E-state index in [0.29, 0.717) is 6.42 Å². The van der Waals surface area contributed by atoms with Crippen molar-refractivity contribution in [2.45, 2.75) is 11.8 Å². The van der Waals surface area contributed by atoms with Crippen LogP contribution in [-0.2, 0) is 11.8 Å². The topological polar surface area (TPSA) is 40.5 Å². The minimum atomic E-state index is -0.860. The Morgan fingerprint density at radius 2 is 1.76 bits per heavy atom. The van der Waals surface area contributed by atoms with E-state index in [-0.39, 0.29) is 18.2 Å². The zero-order valence-corrected chi connectivity index (χ0v) is 13.5. The largest absolute Gasteiger partial charge is 0.395 e. The maximum Gasteiger partial charge on any atom is 0.141 e. The second-order valence-electron chi connectivity index (χ2n) is 5.00. The molecule has 0 aliphatic heterocycles. The van der Waals surface area contributed by atoms with Crippen molar-refractivity contribution in [1.29, 1.82) is 0 Å². The summed E-state index contributed by atoms with van der Waals surface area (Å²) in [6.45, 7) is -0.470. The van der Waals surface area contributed by atoms with Crippen LogP contribution in [0.3, 0.4) is 0 Å². The van der Waals surface area contributed by atoms with Gasteiger partial charge in [0.1, 0.15) is 5.82 Å². The second-order valence-corrected chi connectivity index (χ2v) is 6.26. The lowest BCUT2D eigenvalue weighted by molar-refractivity contribution is 0.115. The van der Waals surface area contributed by atoms with E-state index in [1.54, 1.807) is 6.07 Å². The highest BCUT2D eigenvalue weighted by Crippen LogP contribution is 2.34. The second kappa shape index (κ2) is 6.88. The molecule has 2 N–H and O–H groups in total. The smallest absolute Gasteiger partial charge is 0.141 e. The van der Waals surface area contributed by atoms with Crippen LogP contribution >= 0.6 is 27.5 Å². The predicted octanol–water partition coefficient (Wildman–Crippen LogP) is 3.71. The van der Waals surface area contributed by atoms with Gasteiger partial charge in [-0.3, -0.25) is 0 Å². The minimum absolute atomic E-state index is 0.0319. The summed E-state index contributed by atoms with van der Waals surface area (Å²) in [5, 5.41) is 19.7. The number of aliphatic hydroxyl groups is 2. The minimum Gasteiger partial charge on any atom is -0.395 e. The molecule has 0 fully saturated rings. The van der Waals surface area contributed by atoms with Crippen LogP contribution in [0.4, 0.5) is 4.39 Å². The lowest BCUT2D eigenvalue weighted by Gasteiger charge is -2.31. The number of aliphatic hydroxyl groups excluding tert-OH is 2. The van der Waals surface area contributed by atoms with E-state index in [4.69, 9.17) is 11.6 Å². The van der Waals surface area contributed by atoms with E-state index in [1.807, 2.05) is 24.3 Å². The van der Waals surface area contributed by atoms with Crippen molar-refractivity contribution in [1.82, 2.24) is 0 Å². The molecule has 5 heteroatoms. The molecule has 0 amide bonds. The molecule has 0 bridgehead atoms. The summed E-state index contributed by atoms with van der Waals surface area (Å²) < 4.78 is 14.1. The van der Waals surface area contributed by atoms with Gasteiger partial charge in [-0.05, 0) is 35.7 Å². The van der Waals surface area contributed by atoms with Gasteiger partial charge in [-0.25, -0.2) is 4.39 Å². The number of hydrogen-bond donors (Lipinski definition) is 2. The first kappa shape index (κ1) is 16.4. The van der Waals surface area contributed by atoms with Crippen molar-refractivity contribution in [2.24, 2.45) is 0 Å². The van der Waals surface area contributed by atoms with Gasteiger partial charge >= 0.3 is 0 Å². The summed E-state index contributed by atoms with van der Waals surface area (Å²) in [5.41, 5.74) is 0.692. The van der Waals surface area contributed by atoms with Gasteiger partial charge in [0.15, 0.2) is 0 Å². The average Bonchev–Trinajstić information content (AvgIpc) is 2.49. The van der Waals surface area contributed by atoms with E-state index >= 15 is 0 Å². The van der Waals surface area contributed by atoms with Crippen molar-refractivity contribution in [2.75, 3.05) is 13.2 Å². The van der Waals surface area contributed by atoms with E-state index in [9.17, 15) is 14.6 Å². The van der Waals surface area contributed by atoms with E-state index in [1.165, 1.54) is 12.1 Å². The lowest BCUT2D eigenvalue weighted by atomic mass is 9.77. The van der Waals surface area contributed by atoms with Crippen LogP contribution in [0.25, 0.3) is 0 Å². The molecule has 2 rings (SSSR count). The molecule has 0 spiro atoms. The molecule has 0 radical (unpaired) electrons. The Morgan fingerprint density at radius 1 is 1.10 bits per heavy atom. The highest BCUT2D eigenvalue weighted by Gasteiger charge is 2.33. The first-order valence-corrected chi connectivity index (χ1v) is 7.60. The molecule has 2 nitrogen and oxygen atoms in total. The number of halogens is 3. The summed E-state index contributed by atoms with van der Waals surface area (Å²) >= 11 is 9.24. The summed E-state index contributed by atoms with van der Waals surface area (Å²) in [6.07, 6.45) is 0.350. The highest BCUT2D eigenvalue weighted by atomic mass is 79.9. The molecule has 0 unspecified atom stereocenters. The summed E-state index contributed by atoms with van der Waals surface area (Å²) in [6, 6.07) is 11.8. The third-order valence-corrected chi connectivity index (χ3v) is 4.56. The Bertz CT molecular complexity index is 629. The molecular formula is C16H15BrClFO2. The summed E-state index contributed by atoms with van der Waals surface area (Å²) in [7, 11) is 0. The molecule has 2 aromatic carbocycles. The summed E-state index contributed by atoms with van der Waals surface area (Å²) in [5.74, 6) is -0.486. The Morgan fingerprint density at radius 3 is 2.33 bits per heavy atom. The fraction of sp³-hybridized carbons (Fsp3) is 0.250. The van der Waals surface area contributed by atoms with Crippen LogP contribution in [0.15, 0.2) is 46.9 Å². The Balaban J connectivity index is 2.43. The third-order valence-electron chi connectivity index (χ3n) is 3.58. The molecule has 112 valence electrons. The van der Waals surface area contributed by atoms with E-state index in [2.05, 4.69) is 15.9 Å². The van der Waals surface area contributed by atoms with Crippen LogP contribution in [0.2, 0.25) is 5.02 Å². The molecule has 0 aliphatic rings. The molecule has 0 saturated carbocycles. The van der Waals surface area contributed by atoms with Gasteiger partial charge < -0.3 is 10.2 Å². The van der Waals surface area contributed by atoms with Crippen molar-refractivity contribution >= 4 is 27.5 Å². The highest BCUT2D eigenvalue weighted by molar-refractivity contribution is 9.10. The number of hydrogen-bond acceptors (Lipinski definition) is 2.